The minimum Gasteiger partial charge on any atom is -0.559 e. The molecular weight excluding hydrogens is 299 g/mol. The van der Waals surface area contributed by atoms with Gasteiger partial charge in [0.2, 0.25) is 0 Å². The van der Waals surface area contributed by atoms with Crippen LogP contribution in [0.4, 0.5) is 14.5 Å². The topological polar surface area (TPSA) is 77.0 Å². The molecule has 0 aliphatic rings. The summed E-state index contributed by atoms with van der Waals surface area (Å²) in [6.07, 6.45) is 3.18. The SMILES string of the molecule is [CH-]=NC(=[C-]C=NC(=[CH-])c1c(F)ccc(N)c1F)C(=O)OCC.[Li+]. The number of nitrogens with zero attached hydrogens (tertiary/aromatic N) is 2. The molecule has 23 heavy (non-hydrogen) atoms. The van der Waals surface area contributed by atoms with Crippen LogP contribution in [0.5, 0.6) is 0 Å². The third-order valence-corrected chi connectivity index (χ3v) is 2.38. The van der Waals surface area contributed by atoms with Crippen molar-refractivity contribution in [2.24, 2.45) is 9.98 Å². The van der Waals surface area contributed by atoms with Crippen molar-refractivity contribution in [3.05, 3.63) is 47.7 Å². The molecule has 0 aromatic heterocycles. The van der Waals surface area contributed by atoms with E-state index < -0.39 is 28.9 Å². The van der Waals surface area contributed by atoms with Gasteiger partial charge in [-0.25, -0.2) is 8.78 Å². The fraction of sp³-hybridized carbons (Fsp3) is 0.133. The van der Waals surface area contributed by atoms with Gasteiger partial charge in [0.05, 0.1) is 18.2 Å². The molecule has 0 fully saturated rings. The molecule has 0 unspecified atom stereocenters. The Labute approximate surface area is 144 Å². The van der Waals surface area contributed by atoms with E-state index in [1.807, 2.05) is 0 Å². The van der Waals surface area contributed by atoms with Crippen LogP contribution in [-0.4, -0.2) is 25.5 Å². The number of halogens is 2. The summed E-state index contributed by atoms with van der Waals surface area (Å²) in [4.78, 5) is 18.1. The first-order chi connectivity index (χ1) is 10.4. The molecule has 0 radical (unpaired) electrons. The molecular formula is C15H12F2LiN3O2-2. The Morgan fingerprint density at radius 3 is 2.70 bits per heavy atom. The zero-order valence-electron chi connectivity index (χ0n) is 12.6. The van der Waals surface area contributed by atoms with Crippen molar-refractivity contribution >= 4 is 30.3 Å². The van der Waals surface area contributed by atoms with Gasteiger partial charge >= 0.3 is 18.9 Å². The molecule has 0 aliphatic heterocycles. The van der Waals surface area contributed by atoms with Crippen molar-refractivity contribution in [1.29, 1.82) is 0 Å². The Balaban J connectivity index is 0.00000484. The number of esters is 1. The number of carbonyl (C=O) groups is 1. The summed E-state index contributed by atoms with van der Waals surface area (Å²) in [5.41, 5.74) is 3.62. The van der Waals surface area contributed by atoms with Crippen LogP contribution in [0.25, 0.3) is 5.70 Å². The van der Waals surface area contributed by atoms with Crippen LogP contribution >= 0.6 is 0 Å². The first-order valence-electron chi connectivity index (χ1n) is 6.02. The number of benzene rings is 1. The maximum absolute atomic E-state index is 13.7. The van der Waals surface area contributed by atoms with Crippen LogP contribution in [0, 0.1) is 24.3 Å². The van der Waals surface area contributed by atoms with Crippen molar-refractivity contribution < 1.29 is 37.2 Å². The average molecular weight is 311 g/mol. The minimum atomic E-state index is -1.03. The first-order valence-corrected chi connectivity index (χ1v) is 6.02. The van der Waals surface area contributed by atoms with Crippen LogP contribution < -0.4 is 24.6 Å². The number of anilines is 1. The second-order valence-electron chi connectivity index (χ2n) is 3.81. The van der Waals surface area contributed by atoms with Gasteiger partial charge in [-0.1, -0.05) is 11.8 Å². The van der Waals surface area contributed by atoms with E-state index >= 15 is 0 Å². The van der Waals surface area contributed by atoms with E-state index in [4.69, 9.17) is 19.0 Å². The van der Waals surface area contributed by atoms with Gasteiger partial charge in [-0.15, -0.1) is 5.70 Å². The Bertz CT molecular complexity index is 673. The van der Waals surface area contributed by atoms with Crippen LogP contribution in [0.2, 0.25) is 0 Å². The van der Waals surface area contributed by atoms with Crippen LogP contribution in [0.3, 0.4) is 0 Å². The summed E-state index contributed by atoms with van der Waals surface area (Å²) < 4.78 is 31.9. The molecule has 1 aromatic carbocycles. The fourth-order valence-corrected chi connectivity index (χ4v) is 1.38. The zero-order valence-corrected chi connectivity index (χ0v) is 12.6. The van der Waals surface area contributed by atoms with Crippen LogP contribution in [0.1, 0.15) is 12.5 Å². The Hall–Kier alpha value is -2.23. The van der Waals surface area contributed by atoms with Gasteiger partial charge in [0.25, 0.3) is 0 Å². The molecule has 0 spiro atoms. The van der Waals surface area contributed by atoms with E-state index in [1.54, 1.807) is 6.92 Å². The molecule has 1 rings (SSSR count). The number of hydrogen-bond acceptors (Lipinski definition) is 5. The molecule has 0 amide bonds. The molecule has 8 heteroatoms. The molecule has 0 saturated carbocycles. The summed E-state index contributed by atoms with van der Waals surface area (Å²) in [5.74, 6) is -2.79. The van der Waals surface area contributed by atoms with E-state index in [9.17, 15) is 13.6 Å². The van der Waals surface area contributed by atoms with Gasteiger partial charge in [-0.2, -0.15) is 12.4 Å². The maximum atomic E-state index is 13.7. The summed E-state index contributed by atoms with van der Waals surface area (Å²) in [6.45, 7) is 12.2. The summed E-state index contributed by atoms with van der Waals surface area (Å²) in [6, 6.07) is 2.01. The molecule has 0 saturated heterocycles. The van der Waals surface area contributed by atoms with E-state index in [-0.39, 0.29) is 36.9 Å². The maximum Gasteiger partial charge on any atom is 1.00 e. The summed E-state index contributed by atoms with van der Waals surface area (Å²) >= 11 is 0. The number of rotatable bonds is 6. The largest absolute Gasteiger partial charge is 1.00 e. The number of aliphatic imine (C=N–C) groups is 2. The fourth-order valence-electron chi connectivity index (χ4n) is 1.38. The first kappa shape index (κ1) is 20.8. The van der Waals surface area contributed by atoms with Crippen LogP contribution in [0.15, 0.2) is 27.8 Å². The van der Waals surface area contributed by atoms with Gasteiger partial charge in [0.1, 0.15) is 5.97 Å². The Kier molecular flexibility index (Phi) is 8.77. The van der Waals surface area contributed by atoms with E-state index in [2.05, 4.69) is 20.8 Å². The molecule has 5 nitrogen and oxygen atoms in total. The minimum absolute atomic E-state index is 0. The van der Waals surface area contributed by atoms with Crippen molar-refractivity contribution in [1.82, 2.24) is 0 Å². The molecule has 1 aromatic rings. The standard InChI is InChI=1S/C15H12F2N3O2.Li/c1-4-22-15(21)12(19-3)7-8-20-9(2)13-10(16)5-6-11(18)14(13)17;/h2-3,5-6,8H,4,18H2,1H3;/q-3;+1. The number of allylic oxidation sites excluding steroid dienone is 1. The van der Waals surface area contributed by atoms with E-state index in [1.165, 1.54) is 0 Å². The van der Waals surface area contributed by atoms with Gasteiger partial charge in [-0.3, -0.25) is 6.58 Å². The van der Waals surface area contributed by atoms with Crippen molar-refractivity contribution in [3.8, 4) is 0 Å². The number of nitrogens with two attached hydrogens (primary N) is 1. The second-order valence-corrected chi connectivity index (χ2v) is 3.81. The van der Waals surface area contributed by atoms with E-state index in [0.29, 0.717) is 0 Å². The predicted molar refractivity (Wildman–Crippen MR) is 78.9 cm³/mol. The second kappa shape index (κ2) is 9.72. The molecule has 0 aliphatic carbocycles. The van der Waals surface area contributed by atoms with Crippen molar-refractivity contribution in [3.63, 3.8) is 0 Å². The molecule has 0 atom stereocenters. The zero-order chi connectivity index (χ0) is 16.7. The predicted octanol–water partition coefficient (Wildman–Crippen LogP) is -0.777. The molecule has 116 valence electrons. The third kappa shape index (κ3) is 5.47. The number of ether oxygens (including phenoxy) is 1. The van der Waals surface area contributed by atoms with Crippen LogP contribution in [-0.2, 0) is 9.53 Å². The Morgan fingerprint density at radius 1 is 1.48 bits per heavy atom. The quantitative estimate of drug-likeness (QED) is 0.187. The summed E-state index contributed by atoms with van der Waals surface area (Å²) in [7, 11) is 0. The molecule has 2 N–H and O–H groups in total. The van der Waals surface area contributed by atoms with Gasteiger partial charge in [0.15, 0.2) is 0 Å². The molecule has 0 heterocycles. The van der Waals surface area contributed by atoms with E-state index in [0.717, 1.165) is 18.3 Å². The monoisotopic (exact) mass is 311 g/mol. The van der Waals surface area contributed by atoms with Gasteiger partial charge in [-0.05, 0) is 19.1 Å². The Morgan fingerprint density at radius 2 is 2.13 bits per heavy atom. The van der Waals surface area contributed by atoms with Crippen molar-refractivity contribution in [2.45, 2.75) is 6.92 Å². The summed E-state index contributed by atoms with van der Waals surface area (Å²) in [5, 5.41) is 0. The normalized spacial score (nSPS) is 11.0. The van der Waals surface area contributed by atoms with Gasteiger partial charge in [0, 0.05) is 5.69 Å². The third-order valence-electron chi connectivity index (χ3n) is 2.38. The smallest absolute Gasteiger partial charge is 0.559 e. The van der Waals surface area contributed by atoms with Gasteiger partial charge < -0.3 is 31.3 Å². The van der Waals surface area contributed by atoms with Crippen molar-refractivity contribution in [2.75, 3.05) is 12.3 Å². The number of carbonyl (C=O) groups excluding carboxylic acids is 1. The average Bonchev–Trinajstić information content (AvgIpc) is 2.48. The molecule has 0 bridgehead atoms. The number of hydrogen-bond donors (Lipinski definition) is 1. The number of nitrogen functional groups attached to an aromatic ring is 1.